The molecule has 1 heterocycles. The zero-order chi connectivity index (χ0) is 21.5. The van der Waals surface area contributed by atoms with E-state index in [0.29, 0.717) is 13.2 Å². The SMILES string of the molecule is CCCOc1cc(C)ccc1OC(c1ccccc1)C1CN(c2ccccc2)CCO1. The van der Waals surface area contributed by atoms with Crippen LogP contribution in [0.25, 0.3) is 0 Å². The Labute approximate surface area is 185 Å². The maximum atomic E-state index is 6.63. The molecule has 0 saturated carbocycles. The Morgan fingerprint density at radius 2 is 1.71 bits per heavy atom. The molecule has 3 aromatic rings. The number of morpholine rings is 1. The number of rotatable bonds is 8. The van der Waals surface area contributed by atoms with Crippen molar-refractivity contribution in [3.8, 4) is 11.5 Å². The topological polar surface area (TPSA) is 30.9 Å². The molecule has 4 heteroatoms. The van der Waals surface area contributed by atoms with Crippen LogP contribution < -0.4 is 14.4 Å². The fourth-order valence-corrected chi connectivity index (χ4v) is 3.91. The molecule has 1 fully saturated rings. The van der Waals surface area contributed by atoms with Gasteiger partial charge >= 0.3 is 0 Å². The van der Waals surface area contributed by atoms with Gasteiger partial charge in [-0.05, 0) is 48.7 Å². The van der Waals surface area contributed by atoms with E-state index in [2.05, 4.69) is 61.2 Å². The first kappa shape index (κ1) is 21.3. The summed E-state index contributed by atoms with van der Waals surface area (Å²) >= 11 is 0. The Bertz CT molecular complexity index is 945. The number of nitrogens with zero attached hydrogens (tertiary/aromatic N) is 1. The third-order valence-corrected chi connectivity index (χ3v) is 5.50. The minimum Gasteiger partial charge on any atom is -0.490 e. The predicted molar refractivity (Wildman–Crippen MR) is 125 cm³/mol. The number of para-hydroxylation sites is 1. The minimum absolute atomic E-state index is 0.100. The highest BCUT2D eigenvalue weighted by Gasteiger charge is 2.32. The van der Waals surface area contributed by atoms with Gasteiger partial charge in [-0.15, -0.1) is 0 Å². The van der Waals surface area contributed by atoms with E-state index in [1.165, 1.54) is 5.69 Å². The Morgan fingerprint density at radius 1 is 0.968 bits per heavy atom. The summed E-state index contributed by atoms with van der Waals surface area (Å²) in [6.45, 7) is 7.14. The average Bonchev–Trinajstić information content (AvgIpc) is 2.83. The van der Waals surface area contributed by atoms with Crippen molar-refractivity contribution in [2.75, 3.05) is 31.2 Å². The number of hydrogen-bond acceptors (Lipinski definition) is 4. The normalized spacial score (nSPS) is 17.2. The molecule has 0 amide bonds. The molecule has 0 bridgehead atoms. The lowest BCUT2D eigenvalue weighted by molar-refractivity contribution is -0.0357. The summed E-state index contributed by atoms with van der Waals surface area (Å²) in [6, 6.07) is 27.0. The highest BCUT2D eigenvalue weighted by molar-refractivity contribution is 5.47. The minimum atomic E-state index is -0.237. The largest absolute Gasteiger partial charge is 0.490 e. The maximum absolute atomic E-state index is 6.63. The molecule has 0 N–H and O–H groups in total. The van der Waals surface area contributed by atoms with Crippen molar-refractivity contribution in [2.24, 2.45) is 0 Å². The second kappa shape index (κ2) is 10.4. The van der Waals surface area contributed by atoms with Crippen molar-refractivity contribution in [1.82, 2.24) is 0 Å². The summed E-state index contributed by atoms with van der Waals surface area (Å²) < 4.78 is 18.9. The molecular formula is C27H31NO3. The second-order valence-corrected chi connectivity index (χ2v) is 7.94. The molecule has 0 aromatic heterocycles. The van der Waals surface area contributed by atoms with Gasteiger partial charge in [0.1, 0.15) is 6.10 Å². The van der Waals surface area contributed by atoms with Crippen LogP contribution in [0.5, 0.6) is 11.5 Å². The van der Waals surface area contributed by atoms with Gasteiger partial charge in [0.25, 0.3) is 0 Å². The number of anilines is 1. The summed E-state index contributed by atoms with van der Waals surface area (Å²) in [4.78, 5) is 2.37. The highest BCUT2D eigenvalue weighted by atomic mass is 16.6. The molecule has 4 rings (SSSR count). The lowest BCUT2D eigenvalue weighted by Gasteiger charge is -2.38. The van der Waals surface area contributed by atoms with Crippen LogP contribution in [0.1, 0.15) is 30.6 Å². The van der Waals surface area contributed by atoms with Crippen LogP contribution in [-0.4, -0.2) is 32.4 Å². The molecule has 4 nitrogen and oxygen atoms in total. The second-order valence-electron chi connectivity index (χ2n) is 7.94. The van der Waals surface area contributed by atoms with Crippen LogP contribution in [0.2, 0.25) is 0 Å². The summed E-state index contributed by atoms with van der Waals surface area (Å²) in [6.07, 6.45) is 0.615. The molecule has 2 atom stereocenters. The molecule has 0 radical (unpaired) electrons. The standard InChI is InChI=1S/C27H31NO3/c1-3-17-29-25-19-21(2)14-15-24(25)31-27(22-10-6-4-7-11-22)26-20-28(16-18-30-26)23-12-8-5-9-13-23/h4-15,19,26-27H,3,16-18,20H2,1-2H3. The van der Waals surface area contributed by atoms with Crippen LogP contribution in [0.3, 0.4) is 0 Å². The van der Waals surface area contributed by atoms with Gasteiger partial charge in [-0.25, -0.2) is 0 Å². The van der Waals surface area contributed by atoms with Crippen molar-refractivity contribution >= 4 is 5.69 Å². The van der Waals surface area contributed by atoms with Crippen molar-refractivity contribution in [3.63, 3.8) is 0 Å². The molecule has 0 aliphatic carbocycles. The van der Waals surface area contributed by atoms with E-state index >= 15 is 0 Å². The fourth-order valence-electron chi connectivity index (χ4n) is 3.91. The van der Waals surface area contributed by atoms with E-state index in [0.717, 1.165) is 42.1 Å². The fraction of sp³-hybridized carbons (Fsp3) is 0.333. The van der Waals surface area contributed by atoms with Crippen LogP contribution in [0, 0.1) is 6.92 Å². The van der Waals surface area contributed by atoms with Gasteiger partial charge in [0.2, 0.25) is 0 Å². The summed E-state index contributed by atoms with van der Waals surface area (Å²) in [5, 5.41) is 0. The lowest BCUT2D eigenvalue weighted by Crippen LogP contribution is -2.46. The third-order valence-electron chi connectivity index (χ3n) is 5.50. The van der Waals surface area contributed by atoms with Crippen molar-refractivity contribution in [2.45, 2.75) is 32.5 Å². The number of hydrogen-bond donors (Lipinski definition) is 0. The first-order valence-electron chi connectivity index (χ1n) is 11.1. The monoisotopic (exact) mass is 417 g/mol. The van der Waals surface area contributed by atoms with Crippen LogP contribution in [0.15, 0.2) is 78.9 Å². The summed E-state index contributed by atoms with van der Waals surface area (Å²) in [7, 11) is 0. The van der Waals surface area contributed by atoms with Crippen molar-refractivity contribution < 1.29 is 14.2 Å². The Balaban J connectivity index is 1.62. The molecule has 1 aliphatic rings. The average molecular weight is 418 g/mol. The molecule has 162 valence electrons. The Hall–Kier alpha value is -2.98. The van der Waals surface area contributed by atoms with E-state index < -0.39 is 0 Å². The van der Waals surface area contributed by atoms with Gasteiger partial charge in [-0.3, -0.25) is 0 Å². The van der Waals surface area contributed by atoms with E-state index in [9.17, 15) is 0 Å². The van der Waals surface area contributed by atoms with E-state index in [-0.39, 0.29) is 12.2 Å². The van der Waals surface area contributed by atoms with Crippen LogP contribution in [0.4, 0.5) is 5.69 Å². The summed E-state index contributed by atoms with van der Waals surface area (Å²) in [5.74, 6) is 1.55. The van der Waals surface area contributed by atoms with Crippen LogP contribution in [-0.2, 0) is 4.74 Å². The predicted octanol–water partition coefficient (Wildman–Crippen LogP) is 5.81. The Morgan fingerprint density at radius 3 is 2.45 bits per heavy atom. The number of aryl methyl sites for hydroxylation is 1. The van der Waals surface area contributed by atoms with Gasteiger partial charge in [0.15, 0.2) is 17.6 Å². The third kappa shape index (κ3) is 5.39. The zero-order valence-electron chi connectivity index (χ0n) is 18.4. The van der Waals surface area contributed by atoms with E-state index in [1.807, 2.05) is 36.4 Å². The van der Waals surface area contributed by atoms with Crippen molar-refractivity contribution in [3.05, 3.63) is 90.0 Å². The molecule has 3 aromatic carbocycles. The highest BCUT2D eigenvalue weighted by Crippen LogP contribution is 2.35. The number of ether oxygens (including phenoxy) is 3. The molecule has 1 saturated heterocycles. The first-order chi connectivity index (χ1) is 15.2. The lowest BCUT2D eigenvalue weighted by atomic mass is 10.0. The van der Waals surface area contributed by atoms with Gasteiger partial charge in [-0.2, -0.15) is 0 Å². The van der Waals surface area contributed by atoms with Gasteiger partial charge in [0, 0.05) is 18.8 Å². The zero-order valence-corrected chi connectivity index (χ0v) is 18.4. The number of benzene rings is 3. The molecule has 0 spiro atoms. The maximum Gasteiger partial charge on any atom is 0.162 e. The molecule has 2 unspecified atom stereocenters. The van der Waals surface area contributed by atoms with E-state index in [1.54, 1.807) is 0 Å². The molecule has 31 heavy (non-hydrogen) atoms. The van der Waals surface area contributed by atoms with Gasteiger partial charge in [0.05, 0.1) is 13.2 Å². The van der Waals surface area contributed by atoms with E-state index in [4.69, 9.17) is 14.2 Å². The van der Waals surface area contributed by atoms with Gasteiger partial charge in [-0.1, -0.05) is 61.5 Å². The summed E-state index contributed by atoms with van der Waals surface area (Å²) in [5.41, 5.74) is 3.47. The van der Waals surface area contributed by atoms with Crippen LogP contribution >= 0.6 is 0 Å². The first-order valence-corrected chi connectivity index (χ1v) is 11.1. The smallest absolute Gasteiger partial charge is 0.162 e. The molecular weight excluding hydrogens is 386 g/mol. The molecule has 1 aliphatic heterocycles. The van der Waals surface area contributed by atoms with Gasteiger partial charge < -0.3 is 19.1 Å². The quantitative estimate of drug-likeness (QED) is 0.463. The Kier molecular flexibility index (Phi) is 7.11. The van der Waals surface area contributed by atoms with Crippen molar-refractivity contribution in [1.29, 1.82) is 0 Å².